The maximum Gasteiger partial charge on any atom is 0.249 e. The summed E-state index contributed by atoms with van der Waals surface area (Å²) in [4.78, 5) is 17.7. The number of benzodiazepines with no additional fused rings is 1. The molecule has 5 heteroatoms. The molecular formula is C24H20ClFN2O. The van der Waals surface area contributed by atoms with E-state index >= 15 is 0 Å². The number of anilines is 1. The molecule has 1 N–H and O–H groups in total. The number of amides is 1. The third-order valence-electron chi connectivity index (χ3n) is 5.20. The highest BCUT2D eigenvalue weighted by Crippen LogP contribution is 2.28. The second-order valence-corrected chi connectivity index (χ2v) is 7.74. The number of nitrogens with one attached hydrogen (secondary N) is 1. The lowest BCUT2D eigenvalue weighted by molar-refractivity contribution is -0.117. The predicted octanol–water partition coefficient (Wildman–Crippen LogP) is 5.50. The number of hydrogen-bond donors (Lipinski definition) is 1. The Morgan fingerprint density at radius 1 is 1.00 bits per heavy atom. The fourth-order valence-electron chi connectivity index (χ4n) is 3.45. The summed E-state index contributed by atoms with van der Waals surface area (Å²) in [5.41, 5.74) is 6.14. The first kappa shape index (κ1) is 19.3. The predicted molar refractivity (Wildman–Crippen MR) is 116 cm³/mol. The summed E-state index contributed by atoms with van der Waals surface area (Å²) in [5, 5.41) is 3.51. The van der Waals surface area contributed by atoms with Gasteiger partial charge < -0.3 is 5.32 Å². The van der Waals surface area contributed by atoms with E-state index in [1.807, 2.05) is 6.07 Å². The van der Waals surface area contributed by atoms with Gasteiger partial charge in [-0.25, -0.2) is 4.39 Å². The van der Waals surface area contributed by atoms with Crippen LogP contribution in [0.3, 0.4) is 0 Å². The fourth-order valence-corrected chi connectivity index (χ4v) is 3.62. The van der Waals surface area contributed by atoms with Gasteiger partial charge in [-0.15, -0.1) is 0 Å². The van der Waals surface area contributed by atoms with Crippen molar-refractivity contribution in [3.8, 4) is 0 Å². The molecule has 29 heavy (non-hydrogen) atoms. The van der Waals surface area contributed by atoms with Gasteiger partial charge in [0.1, 0.15) is 11.9 Å². The van der Waals surface area contributed by atoms with Crippen LogP contribution < -0.4 is 5.32 Å². The maximum absolute atomic E-state index is 13.5. The number of benzene rings is 3. The quantitative estimate of drug-likeness (QED) is 0.613. The molecule has 1 aliphatic rings. The Balaban J connectivity index is 1.81. The van der Waals surface area contributed by atoms with Gasteiger partial charge in [0, 0.05) is 22.6 Å². The first-order chi connectivity index (χ1) is 13.9. The minimum Gasteiger partial charge on any atom is -0.324 e. The van der Waals surface area contributed by atoms with E-state index in [0.717, 1.165) is 16.7 Å². The average molecular weight is 407 g/mol. The first-order valence-corrected chi connectivity index (χ1v) is 9.79. The van der Waals surface area contributed by atoms with Gasteiger partial charge in [0.15, 0.2) is 0 Å². The Morgan fingerprint density at radius 2 is 1.76 bits per heavy atom. The topological polar surface area (TPSA) is 41.5 Å². The van der Waals surface area contributed by atoms with Crippen molar-refractivity contribution in [2.45, 2.75) is 26.3 Å². The van der Waals surface area contributed by atoms with Gasteiger partial charge in [-0.2, -0.15) is 0 Å². The van der Waals surface area contributed by atoms with Crippen LogP contribution in [0.15, 0.2) is 65.7 Å². The number of carbonyl (C=O) groups is 1. The third-order valence-corrected chi connectivity index (χ3v) is 5.44. The minimum atomic E-state index is -0.608. The van der Waals surface area contributed by atoms with Crippen LogP contribution >= 0.6 is 11.6 Å². The van der Waals surface area contributed by atoms with Gasteiger partial charge in [-0.3, -0.25) is 9.79 Å². The lowest BCUT2D eigenvalue weighted by atomic mass is 9.99. The highest BCUT2D eigenvalue weighted by atomic mass is 35.5. The molecule has 0 aromatic heterocycles. The van der Waals surface area contributed by atoms with Crippen molar-refractivity contribution < 1.29 is 9.18 Å². The van der Waals surface area contributed by atoms with Crippen LogP contribution in [0.25, 0.3) is 0 Å². The molecule has 1 aliphatic heterocycles. The largest absolute Gasteiger partial charge is 0.324 e. The number of rotatable bonds is 3. The number of nitrogens with zero attached hydrogens (tertiary/aromatic N) is 1. The van der Waals surface area contributed by atoms with Crippen molar-refractivity contribution in [3.63, 3.8) is 0 Å². The van der Waals surface area contributed by atoms with E-state index in [9.17, 15) is 9.18 Å². The molecule has 0 spiro atoms. The average Bonchev–Trinajstić information content (AvgIpc) is 2.82. The van der Waals surface area contributed by atoms with Gasteiger partial charge in [-0.1, -0.05) is 29.8 Å². The van der Waals surface area contributed by atoms with Gasteiger partial charge in [0.2, 0.25) is 5.91 Å². The van der Waals surface area contributed by atoms with E-state index in [1.54, 1.807) is 30.3 Å². The standard InChI is InChI=1S/C24H20ClFN2O/c1-14-3-4-16(11-15(14)2)12-22-24(29)28-21-10-7-18(25)13-20(21)23(27-22)17-5-8-19(26)9-6-17/h3-11,13,22H,12H2,1-2H3,(H,28,29). The van der Waals surface area contributed by atoms with Crippen LogP contribution in [-0.4, -0.2) is 17.7 Å². The number of halogens is 2. The maximum atomic E-state index is 13.5. The zero-order valence-corrected chi connectivity index (χ0v) is 16.9. The molecule has 0 radical (unpaired) electrons. The van der Waals surface area contributed by atoms with Gasteiger partial charge in [0.25, 0.3) is 0 Å². The van der Waals surface area contributed by atoms with Gasteiger partial charge in [-0.05, 0) is 73.0 Å². The van der Waals surface area contributed by atoms with Crippen LogP contribution in [0, 0.1) is 19.7 Å². The molecule has 0 saturated heterocycles. The van der Waals surface area contributed by atoms with Gasteiger partial charge >= 0.3 is 0 Å². The molecule has 1 amide bonds. The van der Waals surface area contributed by atoms with Crippen LogP contribution in [0.5, 0.6) is 0 Å². The molecule has 0 aliphatic carbocycles. The summed E-state index contributed by atoms with van der Waals surface area (Å²) >= 11 is 6.21. The molecule has 4 rings (SSSR count). The Hall–Kier alpha value is -2.98. The number of carbonyl (C=O) groups excluding carboxylic acids is 1. The molecular weight excluding hydrogens is 387 g/mol. The van der Waals surface area contributed by atoms with Crippen molar-refractivity contribution >= 4 is 28.9 Å². The van der Waals surface area contributed by atoms with Crippen molar-refractivity contribution in [2.75, 3.05) is 5.32 Å². The minimum absolute atomic E-state index is 0.177. The van der Waals surface area contributed by atoms with Crippen molar-refractivity contribution in [3.05, 3.63) is 99.3 Å². The smallest absolute Gasteiger partial charge is 0.249 e. The van der Waals surface area contributed by atoms with Crippen LogP contribution in [0.1, 0.15) is 27.8 Å². The molecule has 0 saturated carbocycles. The molecule has 1 atom stereocenters. The van der Waals surface area contributed by atoms with Crippen LogP contribution in [-0.2, 0) is 11.2 Å². The Bertz CT molecular complexity index is 1120. The fraction of sp³-hybridized carbons (Fsp3) is 0.167. The Kier molecular flexibility index (Phi) is 5.20. The van der Waals surface area contributed by atoms with Crippen LogP contribution in [0.2, 0.25) is 5.02 Å². The highest BCUT2D eigenvalue weighted by molar-refractivity contribution is 6.32. The Morgan fingerprint density at radius 3 is 2.48 bits per heavy atom. The third kappa shape index (κ3) is 4.08. The number of fused-ring (bicyclic) bond motifs is 1. The lowest BCUT2D eigenvalue weighted by Crippen LogP contribution is -2.27. The van der Waals surface area contributed by atoms with E-state index in [2.05, 4.69) is 31.3 Å². The van der Waals surface area contributed by atoms with E-state index < -0.39 is 6.04 Å². The second kappa shape index (κ2) is 7.80. The summed E-state index contributed by atoms with van der Waals surface area (Å²) in [6.45, 7) is 4.11. The molecule has 1 unspecified atom stereocenters. The second-order valence-electron chi connectivity index (χ2n) is 7.30. The summed E-state index contributed by atoms with van der Waals surface area (Å²) in [6.07, 6.45) is 0.472. The summed E-state index contributed by atoms with van der Waals surface area (Å²) in [7, 11) is 0. The Labute approximate surface area is 174 Å². The summed E-state index contributed by atoms with van der Waals surface area (Å²) in [5.74, 6) is -0.501. The van der Waals surface area contributed by atoms with Gasteiger partial charge in [0.05, 0.1) is 11.4 Å². The van der Waals surface area contributed by atoms with E-state index in [4.69, 9.17) is 16.6 Å². The molecule has 3 nitrogen and oxygen atoms in total. The zero-order valence-electron chi connectivity index (χ0n) is 16.2. The monoisotopic (exact) mass is 406 g/mol. The van der Waals surface area contributed by atoms with Crippen molar-refractivity contribution in [1.29, 1.82) is 0 Å². The highest BCUT2D eigenvalue weighted by Gasteiger charge is 2.26. The lowest BCUT2D eigenvalue weighted by Gasteiger charge is -2.12. The molecule has 0 bridgehead atoms. The van der Waals surface area contributed by atoms with E-state index in [-0.39, 0.29) is 11.7 Å². The number of hydrogen-bond acceptors (Lipinski definition) is 2. The molecule has 3 aromatic rings. The zero-order chi connectivity index (χ0) is 20.5. The number of aliphatic imine (C=N–C) groups is 1. The molecule has 0 fully saturated rings. The van der Waals surface area contributed by atoms with Crippen molar-refractivity contribution in [1.82, 2.24) is 0 Å². The molecule has 1 heterocycles. The van der Waals surface area contributed by atoms with E-state index in [1.165, 1.54) is 23.3 Å². The first-order valence-electron chi connectivity index (χ1n) is 9.41. The van der Waals surface area contributed by atoms with E-state index in [0.29, 0.717) is 22.8 Å². The number of aryl methyl sites for hydroxylation is 2. The van der Waals surface area contributed by atoms with Crippen LogP contribution in [0.4, 0.5) is 10.1 Å². The normalized spacial score (nSPS) is 15.9. The summed E-state index contributed by atoms with van der Waals surface area (Å²) < 4.78 is 13.5. The SMILES string of the molecule is Cc1ccc(CC2N=C(c3ccc(F)cc3)c3cc(Cl)ccc3NC2=O)cc1C. The molecule has 3 aromatic carbocycles. The summed E-state index contributed by atoms with van der Waals surface area (Å²) in [6, 6.07) is 17.0. The molecule has 146 valence electrons. The van der Waals surface area contributed by atoms with Crippen molar-refractivity contribution in [2.24, 2.45) is 4.99 Å².